The van der Waals surface area contributed by atoms with E-state index in [9.17, 15) is 9.59 Å². The van der Waals surface area contributed by atoms with E-state index < -0.39 is 6.04 Å². The van der Waals surface area contributed by atoms with Crippen LogP contribution in [0.25, 0.3) is 0 Å². The molecule has 0 aliphatic heterocycles. The van der Waals surface area contributed by atoms with Crippen molar-refractivity contribution in [3.8, 4) is 0 Å². The molecule has 23 heavy (non-hydrogen) atoms. The molecule has 4 nitrogen and oxygen atoms in total. The molecule has 0 aromatic carbocycles. The van der Waals surface area contributed by atoms with Gasteiger partial charge in [-0.1, -0.05) is 32.8 Å². The number of hydrogen-bond acceptors (Lipinski definition) is 3. The van der Waals surface area contributed by atoms with Crippen LogP contribution in [0.5, 0.6) is 0 Å². The van der Waals surface area contributed by atoms with Gasteiger partial charge in [0.25, 0.3) is 5.91 Å². The summed E-state index contributed by atoms with van der Waals surface area (Å²) in [5.74, 6) is 0.367. The van der Waals surface area contributed by atoms with E-state index in [0.29, 0.717) is 10.8 Å². The number of hydrogen-bond donors (Lipinski definition) is 2. The number of rotatable bonds is 7. The van der Waals surface area contributed by atoms with Crippen molar-refractivity contribution < 1.29 is 9.59 Å². The summed E-state index contributed by atoms with van der Waals surface area (Å²) in [5.41, 5.74) is 0.251. The highest BCUT2D eigenvalue weighted by Gasteiger charge is 2.35. The van der Waals surface area contributed by atoms with Crippen LogP contribution in [0.4, 0.5) is 0 Å². The molecule has 5 heteroatoms. The van der Waals surface area contributed by atoms with Crippen molar-refractivity contribution in [2.45, 2.75) is 58.9 Å². The molecule has 1 aromatic rings. The first kappa shape index (κ1) is 18.0. The summed E-state index contributed by atoms with van der Waals surface area (Å²) >= 11 is 1.38. The zero-order valence-electron chi connectivity index (χ0n) is 14.4. The lowest BCUT2D eigenvalue weighted by Gasteiger charge is -2.31. The molecule has 0 radical (unpaired) electrons. The summed E-state index contributed by atoms with van der Waals surface area (Å²) in [6.45, 7) is 6.95. The Balaban J connectivity index is 1.84. The minimum absolute atomic E-state index is 0.0927. The van der Waals surface area contributed by atoms with E-state index in [1.54, 1.807) is 13.0 Å². The first-order chi connectivity index (χ1) is 10.9. The van der Waals surface area contributed by atoms with Crippen molar-refractivity contribution in [1.82, 2.24) is 10.6 Å². The van der Waals surface area contributed by atoms with E-state index in [1.165, 1.54) is 37.0 Å². The smallest absolute Gasteiger partial charge is 0.261 e. The van der Waals surface area contributed by atoms with Gasteiger partial charge in [-0.05, 0) is 49.0 Å². The second-order valence-corrected chi connectivity index (χ2v) is 8.14. The summed E-state index contributed by atoms with van der Waals surface area (Å²) in [7, 11) is 0. The van der Waals surface area contributed by atoms with E-state index in [-0.39, 0.29) is 17.2 Å². The van der Waals surface area contributed by atoms with Crippen LogP contribution in [0.15, 0.2) is 17.5 Å². The van der Waals surface area contributed by atoms with Gasteiger partial charge < -0.3 is 10.6 Å². The number of nitrogens with one attached hydrogen (secondary N) is 2. The Kier molecular flexibility index (Phi) is 6.22. The standard InChI is InChI=1S/C18H28N2O2S/c1-13(2)11-18(8-4-5-9-18)12-19-16(21)14(3)20-17(22)15-7-6-10-23-15/h6-7,10,13-14H,4-5,8-9,11-12H2,1-3H3,(H,19,21)(H,20,22)/t14-/m0/s1. The second-order valence-electron chi connectivity index (χ2n) is 7.20. The van der Waals surface area contributed by atoms with Crippen LogP contribution in [0.3, 0.4) is 0 Å². The van der Waals surface area contributed by atoms with Crippen LogP contribution in [0.1, 0.15) is 62.5 Å². The highest BCUT2D eigenvalue weighted by molar-refractivity contribution is 7.12. The van der Waals surface area contributed by atoms with E-state index in [1.807, 2.05) is 11.4 Å². The lowest BCUT2D eigenvalue weighted by molar-refractivity contribution is -0.123. The van der Waals surface area contributed by atoms with Crippen molar-refractivity contribution in [2.75, 3.05) is 6.54 Å². The molecule has 0 saturated heterocycles. The highest BCUT2D eigenvalue weighted by atomic mass is 32.1. The molecule has 1 atom stereocenters. The number of carbonyl (C=O) groups excluding carboxylic acids is 2. The Bertz CT molecular complexity index is 519. The molecule has 0 spiro atoms. The van der Waals surface area contributed by atoms with Gasteiger partial charge in [0.05, 0.1) is 4.88 Å². The molecule has 1 heterocycles. The van der Waals surface area contributed by atoms with Crippen LogP contribution in [0.2, 0.25) is 0 Å². The average molecular weight is 337 g/mol. The average Bonchev–Trinajstić information content (AvgIpc) is 3.15. The van der Waals surface area contributed by atoms with Crippen LogP contribution < -0.4 is 10.6 Å². The van der Waals surface area contributed by atoms with Gasteiger partial charge in [0.15, 0.2) is 0 Å². The van der Waals surface area contributed by atoms with Crippen molar-refractivity contribution in [2.24, 2.45) is 11.3 Å². The highest BCUT2D eigenvalue weighted by Crippen LogP contribution is 2.42. The first-order valence-electron chi connectivity index (χ1n) is 8.54. The maximum absolute atomic E-state index is 12.3. The summed E-state index contributed by atoms with van der Waals surface area (Å²) in [6, 6.07) is 3.09. The fraction of sp³-hybridized carbons (Fsp3) is 0.667. The van der Waals surface area contributed by atoms with Gasteiger partial charge >= 0.3 is 0 Å². The monoisotopic (exact) mass is 336 g/mol. The number of carbonyl (C=O) groups is 2. The molecule has 0 bridgehead atoms. The molecule has 2 rings (SSSR count). The molecule has 128 valence electrons. The second kappa shape index (κ2) is 7.95. The van der Waals surface area contributed by atoms with Gasteiger partial charge in [-0.3, -0.25) is 9.59 Å². The van der Waals surface area contributed by atoms with Crippen LogP contribution in [-0.2, 0) is 4.79 Å². The van der Waals surface area contributed by atoms with Crippen LogP contribution >= 0.6 is 11.3 Å². The summed E-state index contributed by atoms with van der Waals surface area (Å²) < 4.78 is 0. The number of thiophene rings is 1. The maximum Gasteiger partial charge on any atom is 0.261 e. The molecule has 1 aliphatic carbocycles. The summed E-state index contributed by atoms with van der Waals surface area (Å²) in [4.78, 5) is 25.0. The zero-order valence-corrected chi connectivity index (χ0v) is 15.2. The lowest BCUT2D eigenvalue weighted by atomic mass is 9.78. The van der Waals surface area contributed by atoms with Gasteiger partial charge in [-0.2, -0.15) is 0 Å². The first-order valence-corrected chi connectivity index (χ1v) is 9.42. The Labute approximate surface area is 143 Å². The predicted molar refractivity (Wildman–Crippen MR) is 94.6 cm³/mol. The quantitative estimate of drug-likeness (QED) is 0.799. The summed E-state index contributed by atoms with van der Waals surface area (Å²) in [5, 5.41) is 7.70. The third-order valence-electron chi connectivity index (χ3n) is 4.63. The van der Waals surface area contributed by atoms with E-state index in [4.69, 9.17) is 0 Å². The summed E-state index contributed by atoms with van der Waals surface area (Å²) in [6.07, 6.45) is 6.06. The van der Waals surface area contributed by atoms with Gasteiger partial charge in [0.2, 0.25) is 5.91 Å². The normalized spacial score (nSPS) is 17.9. The minimum Gasteiger partial charge on any atom is -0.354 e. The third-order valence-corrected chi connectivity index (χ3v) is 5.50. The van der Waals surface area contributed by atoms with Crippen molar-refractivity contribution in [1.29, 1.82) is 0 Å². The van der Waals surface area contributed by atoms with Gasteiger partial charge in [0, 0.05) is 6.54 Å². The Morgan fingerprint density at radius 3 is 2.52 bits per heavy atom. The van der Waals surface area contributed by atoms with Crippen molar-refractivity contribution in [3.05, 3.63) is 22.4 Å². The fourth-order valence-electron chi connectivity index (χ4n) is 3.61. The van der Waals surface area contributed by atoms with E-state index in [0.717, 1.165) is 13.0 Å². The molecule has 2 N–H and O–H groups in total. The van der Waals surface area contributed by atoms with E-state index >= 15 is 0 Å². The molecule has 1 aromatic heterocycles. The van der Waals surface area contributed by atoms with Crippen molar-refractivity contribution in [3.63, 3.8) is 0 Å². The minimum atomic E-state index is -0.512. The van der Waals surface area contributed by atoms with E-state index in [2.05, 4.69) is 24.5 Å². The van der Waals surface area contributed by atoms with Gasteiger partial charge in [0.1, 0.15) is 6.04 Å². The van der Waals surface area contributed by atoms with Crippen LogP contribution in [0, 0.1) is 11.3 Å². The van der Waals surface area contributed by atoms with Gasteiger partial charge in [-0.15, -0.1) is 11.3 Å². The van der Waals surface area contributed by atoms with Crippen LogP contribution in [-0.4, -0.2) is 24.4 Å². The fourth-order valence-corrected chi connectivity index (χ4v) is 4.24. The Hall–Kier alpha value is -1.36. The zero-order chi connectivity index (χ0) is 16.9. The molecule has 1 aliphatic rings. The third kappa shape index (κ3) is 5.06. The Morgan fingerprint density at radius 2 is 1.96 bits per heavy atom. The van der Waals surface area contributed by atoms with Crippen molar-refractivity contribution >= 4 is 23.2 Å². The largest absolute Gasteiger partial charge is 0.354 e. The number of amides is 2. The molecule has 1 saturated carbocycles. The molecule has 1 fully saturated rings. The Morgan fingerprint density at radius 1 is 1.26 bits per heavy atom. The predicted octanol–water partition coefficient (Wildman–Crippen LogP) is 3.59. The molecule has 2 amide bonds. The molecule has 0 unspecified atom stereocenters. The lowest BCUT2D eigenvalue weighted by Crippen LogP contribution is -2.47. The topological polar surface area (TPSA) is 58.2 Å². The molecular formula is C18H28N2O2S. The SMILES string of the molecule is CC(C)CC1(CNC(=O)[C@H](C)NC(=O)c2cccs2)CCCC1. The van der Waals surface area contributed by atoms with Gasteiger partial charge in [-0.25, -0.2) is 0 Å². The maximum atomic E-state index is 12.3. The molecular weight excluding hydrogens is 308 g/mol.